The number of anilines is 1. The van der Waals surface area contributed by atoms with E-state index in [4.69, 9.17) is 17.3 Å². The number of amides is 1. The minimum Gasteiger partial charge on any atom is -0.399 e. The molecule has 0 saturated carbocycles. The highest BCUT2D eigenvalue weighted by Crippen LogP contribution is 2.26. The predicted octanol–water partition coefficient (Wildman–Crippen LogP) is 3.12. The number of hydrogen-bond acceptors (Lipinski definition) is 3. The van der Waals surface area contributed by atoms with E-state index in [0.29, 0.717) is 24.3 Å². The van der Waals surface area contributed by atoms with E-state index in [1.165, 1.54) is 12.1 Å². The Balaban J connectivity index is 1.60. The highest BCUT2D eigenvalue weighted by molar-refractivity contribution is 6.30. The van der Waals surface area contributed by atoms with Gasteiger partial charge in [-0.1, -0.05) is 11.6 Å². The number of aromatic nitrogens is 2. The average Bonchev–Trinajstić information content (AvgIpc) is 2.91. The normalized spacial score (nSPS) is 17.1. The Morgan fingerprint density at radius 1 is 1.24 bits per heavy atom. The molecule has 0 unspecified atom stereocenters. The van der Waals surface area contributed by atoms with Gasteiger partial charge in [0.1, 0.15) is 5.82 Å². The number of likely N-dealkylation sites (tertiary alicyclic amines) is 1. The smallest absolute Gasteiger partial charge is 0.329 e. The number of benzene rings is 2. The number of nitrogens with two attached hydrogens (primary N) is 1. The van der Waals surface area contributed by atoms with Crippen LogP contribution in [0.4, 0.5) is 10.1 Å². The van der Waals surface area contributed by atoms with Crippen molar-refractivity contribution >= 4 is 34.2 Å². The van der Waals surface area contributed by atoms with Gasteiger partial charge in [0, 0.05) is 30.8 Å². The Labute approximate surface area is 172 Å². The number of nitrogen functional groups attached to an aromatic ring is 1. The quantitative estimate of drug-likeness (QED) is 0.667. The first-order valence-electron chi connectivity index (χ1n) is 9.52. The minimum absolute atomic E-state index is 0.0710. The lowest BCUT2D eigenvalue weighted by Crippen LogP contribution is -2.43. The van der Waals surface area contributed by atoms with Gasteiger partial charge < -0.3 is 10.6 Å². The van der Waals surface area contributed by atoms with Crippen LogP contribution >= 0.6 is 11.6 Å². The SMILES string of the molecule is Cn1c(=O)n([C@H]2CCCN(C(=O)Cc3cc(F)cc(Cl)c3)C2)c2cc(N)ccc21. The molecule has 2 aromatic carbocycles. The second-order valence-electron chi connectivity index (χ2n) is 7.55. The summed E-state index contributed by atoms with van der Waals surface area (Å²) >= 11 is 5.90. The van der Waals surface area contributed by atoms with Crippen molar-refractivity contribution in [3.8, 4) is 0 Å². The van der Waals surface area contributed by atoms with E-state index in [9.17, 15) is 14.0 Å². The summed E-state index contributed by atoms with van der Waals surface area (Å²) in [5.41, 5.74) is 8.52. The van der Waals surface area contributed by atoms with Crippen molar-refractivity contribution in [2.24, 2.45) is 7.05 Å². The summed E-state index contributed by atoms with van der Waals surface area (Å²) in [7, 11) is 1.73. The maximum absolute atomic E-state index is 13.6. The number of rotatable bonds is 3. The maximum Gasteiger partial charge on any atom is 0.329 e. The number of imidazole rings is 1. The molecule has 1 saturated heterocycles. The maximum atomic E-state index is 13.6. The Kier molecular flexibility index (Phi) is 5.08. The van der Waals surface area contributed by atoms with Gasteiger partial charge >= 0.3 is 5.69 Å². The number of halogens is 2. The summed E-state index contributed by atoms with van der Waals surface area (Å²) in [6, 6.07) is 9.40. The molecule has 3 aromatic rings. The molecule has 2 heterocycles. The number of carbonyl (C=O) groups excluding carboxylic acids is 1. The zero-order chi connectivity index (χ0) is 20.7. The van der Waals surface area contributed by atoms with Crippen LogP contribution in [-0.4, -0.2) is 33.0 Å². The zero-order valence-electron chi connectivity index (χ0n) is 16.1. The van der Waals surface area contributed by atoms with E-state index < -0.39 is 5.82 Å². The van der Waals surface area contributed by atoms with Gasteiger partial charge in [0.15, 0.2) is 0 Å². The van der Waals surface area contributed by atoms with Crippen LogP contribution < -0.4 is 11.4 Å². The molecule has 6 nitrogen and oxygen atoms in total. The number of aryl methyl sites for hydroxylation is 1. The first kappa shape index (κ1) is 19.5. The minimum atomic E-state index is -0.461. The molecule has 1 aromatic heterocycles. The van der Waals surface area contributed by atoms with Crippen LogP contribution in [0.2, 0.25) is 5.02 Å². The topological polar surface area (TPSA) is 73.3 Å². The molecule has 1 aliphatic rings. The zero-order valence-corrected chi connectivity index (χ0v) is 16.8. The third-order valence-electron chi connectivity index (χ3n) is 5.51. The Morgan fingerprint density at radius 3 is 2.79 bits per heavy atom. The third-order valence-corrected chi connectivity index (χ3v) is 5.72. The lowest BCUT2D eigenvalue weighted by atomic mass is 10.0. The summed E-state index contributed by atoms with van der Waals surface area (Å²) in [6.07, 6.45) is 1.65. The van der Waals surface area contributed by atoms with Crippen molar-refractivity contribution in [3.63, 3.8) is 0 Å². The number of fused-ring (bicyclic) bond motifs is 1. The summed E-state index contributed by atoms with van der Waals surface area (Å²) in [6.45, 7) is 1.04. The van der Waals surface area contributed by atoms with Gasteiger partial charge in [0.05, 0.1) is 23.5 Å². The molecule has 1 atom stereocenters. The van der Waals surface area contributed by atoms with Crippen LogP contribution in [0.5, 0.6) is 0 Å². The monoisotopic (exact) mass is 416 g/mol. The molecular weight excluding hydrogens is 395 g/mol. The van der Waals surface area contributed by atoms with Crippen molar-refractivity contribution < 1.29 is 9.18 Å². The standard InChI is InChI=1S/C21H22ClFN4O2/c1-25-18-5-4-16(24)11-19(18)27(21(25)29)17-3-2-6-26(12-17)20(28)9-13-7-14(22)10-15(23)8-13/h4-5,7-8,10-11,17H,2-3,6,9,12,24H2,1H3/t17-/m0/s1. The van der Waals surface area contributed by atoms with E-state index in [1.54, 1.807) is 39.3 Å². The van der Waals surface area contributed by atoms with Crippen LogP contribution in [0.25, 0.3) is 11.0 Å². The van der Waals surface area contributed by atoms with Gasteiger partial charge in [0.2, 0.25) is 5.91 Å². The Hall–Kier alpha value is -2.80. The third kappa shape index (κ3) is 3.74. The number of carbonyl (C=O) groups is 1. The lowest BCUT2D eigenvalue weighted by molar-refractivity contribution is -0.132. The van der Waals surface area contributed by atoms with Crippen LogP contribution in [0.1, 0.15) is 24.4 Å². The van der Waals surface area contributed by atoms with E-state index in [0.717, 1.165) is 23.9 Å². The molecule has 4 rings (SSSR count). The molecule has 8 heteroatoms. The van der Waals surface area contributed by atoms with Crippen molar-refractivity contribution in [2.75, 3.05) is 18.8 Å². The molecule has 0 bridgehead atoms. The number of hydrogen-bond donors (Lipinski definition) is 1. The van der Waals surface area contributed by atoms with Crippen LogP contribution in [-0.2, 0) is 18.3 Å². The molecule has 1 amide bonds. The van der Waals surface area contributed by atoms with E-state index in [1.807, 2.05) is 6.07 Å². The first-order chi connectivity index (χ1) is 13.8. The average molecular weight is 417 g/mol. The fourth-order valence-corrected chi connectivity index (χ4v) is 4.37. The second kappa shape index (κ2) is 7.55. The lowest BCUT2D eigenvalue weighted by Gasteiger charge is -2.33. The van der Waals surface area contributed by atoms with Crippen molar-refractivity contribution in [1.82, 2.24) is 14.0 Å². The fourth-order valence-electron chi connectivity index (χ4n) is 4.13. The van der Waals surface area contributed by atoms with E-state index >= 15 is 0 Å². The fraction of sp³-hybridized carbons (Fsp3) is 0.333. The second-order valence-corrected chi connectivity index (χ2v) is 7.99. The van der Waals surface area contributed by atoms with Crippen LogP contribution in [0.15, 0.2) is 41.2 Å². The van der Waals surface area contributed by atoms with Crippen LogP contribution in [0, 0.1) is 5.82 Å². The molecular formula is C21H22ClFN4O2. The molecule has 152 valence electrons. The van der Waals surface area contributed by atoms with Crippen molar-refractivity contribution in [1.29, 1.82) is 0 Å². The van der Waals surface area contributed by atoms with Crippen molar-refractivity contribution in [3.05, 3.63) is 63.3 Å². The highest BCUT2D eigenvalue weighted by atomic mass is 35.5. The van der Waals surface area contributed by atoms with Gasteiger partial charge in [-0.2, -0.15) is 0 Å². The van der Waals surface area contributed by atoms with E-state index in [-0.39, 0.29) is 29.1 Å². The molecule has 1 aliphatic heterocycles. The van der Waals surface area contributed by atoms with Gasteiger partial charge in [-0.25, -0.2) is 9.18 Å². The van der Waals surface area contributed by atoms with E-state index in [2.05, 4.69) is 0 Å². The molecule has 0 spiro atoms. The Morgan fingerprint density at radius 2 is 2.03 bits per heavy atom. The van der Waals surface area contributed by atoms with Crippen molar-refractivity contribution in [2.45, 2.75) is 25.3 Å². The molecule has 0 aliphatic carbocycles. The Bertz CT molecular complexity index is 1130. The van der Waals surface area contributed by atoms with Gasteiger partial charge in [-0.15, -0.1) is 0 Å². The molecule has 2 N–H and O–H groups in total. The van der Waals surface area contributed by atoms with Gasteiger partial charge in [0.25, 0.3) is 0 Å². The first-order valence-corrected chi connectivity index (χ1v) is 9.90. The molecule has 29 heavy (non-hydrogen) atoms. The summed E-state index contributed by atoms with van der Waals surface area (Å²) in [5.74, 6) is -0.569. The highest BCUT2D eigenvalue weighted by Gasteiger charge is 2.28. The van der Waals surface area contributed by atoms with Gasteiger partial charge in [-0.3, -0.25) is 13.9 Å². The predicted molar refractivity (Wildman–Crippen MR) is 112 cm³/mol. The largest absolute Gasteiger partial charge is 0.399 e. The number of piperidine rings is 1. The summed E-state index contributed by atoms with van der Waals surface area (Å²) < 4.78 is 16.9. The summed E-state index contributed by atoms with van der Waals surface area (Å²) in [4.78, 5) is 27.4. The number of nitrogens with zero attached hydrogens (tertiary/aromatic N) is 3. The molecule has 0 radical (unpaired) electrons. The molecule has 1 fully saturated rings. The van der Waals surface area contributed by atoms with Gasteiger partial charge in [-0.05, 0) is 54.8 Å². The van der Waals surface area contributed by atoms with Crippen LogP contribution in [0.3, 0.4) is 0 Å². The summed E-state index contributed by atoms with van der Waals surface area (Å²) in [5, 5.41) is 0.268.